The zero-order chi connectivity index (χ0) is 16.9. The molecule has 23 heavy (non-hydrogen) atoms. The average molecular weight is 305 g/mol. The Hall–Kier alpha value is -2.04. The van der Waals surface area contributed by atoms with Crippen molar-refractivity contribution in [2.75, 3.05) is 13.6 Å². The molecule has 0 N–H and O–H groups in total. The second-order valence-electron chi connectivity index (χ2n) is 7.11. The fraction of sp³-hybridized carbons (Fsp3) is 0.364. The summed E-state index contributed by atoms with van der Waals surface area (Å²) in [5.74, 6) is 6.36. The molecule has 0 heterocycles. The molecule has 0 aromatic heterocycles. The maximum absolute atomic E-state index is 3.23. The van der Waals surface area contributed by atoms with Crippen molar-refractivity contribution in [1.82, 2.24) is 4.90 Å². The Balaban J connectivity index is 2.08. The Morgan fingerprint density at radius 2 is 1.78 bits per heavy atom. The normalized spacial score (nSPS) is 13.3. The fourth-order valence-corrected chi connectivity index (χ4v) is 2.55. The lowest BCUT2D eigenvalue weighted by molar-refractivity contribution is 0.291. The summed E-state index contributed by atoms with van der Waals surface area (Å²) in [5, 5.41) is 2.64. The molecule has 0 radical (unpaired) electrons. The minimum absolute atomic E-state index is 0.0620. The van der Waals surface area contributed by atoms with Crippen LogP contribution in [0.15, 0.2) is 54.6 Å². The molecule has 0 aliphatic heterocycles. The van der Waals surface area contributed by atoms with Gasteiger partial charge in [-0.3, -0.25) is 4.90 Å². The van der Waals surface area contributed by atoms with Crippen molar-refractivity contribution in [3.8, 4) is 11.8 Å². The number of nitrogens with zero attached hydrogens (tertiary/aromatic N) is 1. The summed E-state index contributed by atoms with van der Waals surface area (Å²) in [6, 6.07) is 15.5. The molecular formula is C22H27N. The molecule has 120 valence electrons. The molecule has 1 atom stereocenters. The molecule has 0 aliphatic carbocycles. The average Bonchev–Trinajstić information content (AvgIpc) is 2.52. The molecule has 0 bridgehead atoms. The summed E-state index contributed by atoms with van der Waals surface area (Å²) in [7, 11) is 2.16. The molecule has 2 rings (SSSR count). The summed E-state index contributed by atoms with van der Waals surface area (Å²) < 4.78 is 0. The molecule has 0 saturated heterocycles. The van der Waals surface area contributed by atoms with Crippen LogP contribution in [0.1, 0.15) is 39.3 Å². The predicted octanol–water partition coefficient (Wildman–Crippen LogP) is 5.44. The lowest BCUT2D eigenvalue weighted by Gasteiger charge is -2.25. The van der Waals surface area contributed by atoms with Crippen molar-refractivity contribution in [3.63, 3.8) is 0 Å². The first-order chi connectivity index (χ1) is 10.9. The van der Waals surface area contributed by atoms with E-state index in [1.54, 1.807) is 0 Å². The van der Waals surface area contributed by atoms with Crippen LogP contribution in [0.2, 0.25) is 0 Å². The van der Waals surface area contributed by atoms with Crippen molar-refractivity contribution in [3.05, 3.63) is 60.2 Å². The van der Waals surface area contributed by atoms with Gasteiger partial charge in [0.25, 0.3) is 0 Å². The van der Waals surface area contributed by atoms with Crippen LogP contribution in [0.5, 0.6) is 0 Å². The first kappa shape index (κ1) is 17.3. The summed E-state index contributed by atoms with van der Waals surface area (Å²) in [4.78, 5) is 2.34. The van der Waals surface area contributed by atoms with Crippen molar-refractivity contribution in [2.45, 2.75) is 33.7 Å². The predicted molar refractivity (Wildman–Crippen MR) is 101 cm³/mol. The van der Waals surface area contributed by atoms with E-state index in [1.165, 1.54) is 16.3 Å². The van der Waals surface area contributed by atoms with Gasteiger partial charge in [0, 0.05) is 18.0 Å². The van der Waals surface area contributed by atoms with E-state index in [4.69, 9.17) is 0 Å². The lowest BCUT2D eigenvalue weighted by Crippen LogP contribution is -2.22. The van der Waals surface area contributed by atoms with Gasteiger partial charge in [0.05, 0.1) is 0 Å². The van der Waals surface area contributed by atoms with Crippen LogP contribution in [0.4, 0.5) is 0 Å². The quantitative estimate of drug-likeness (QED) is 0.680. The first-order valence-electron chi connectivity index (χ1n) is 8.24. The Labute approximate surface area is 141 Å². The van der Waals surface area contributed by atoms with Gasteiger partial charge >= 0.3 is 0 Å². The zero-order valence-electron chi connectivity index (χ0n) is 14.9. The first-order valence-corrected chi connectivity index (χ1v) is 8.24. The number of hydrogen-bond acceptors (Lipinski definition) is 1. The highest BCUT2D eigenvalue weighted by molar-refractivity contribution is 5.86. The summed E-state index contributed by atoms with van der Waals surface area (Å²) in [5.41, 5.74) is 1.44. The summed E-state index contributed by atoms with van der Waals surface area (Å²) in [6.45, 7) is 9.54. The van der Waals surface area contributed by atoms with E-state index in [9.17, 15) is 0 Å². The second-order valence-corrected chi connectivity index (χ2v) is 7.11. The molecule has 1 heteroatoms. The molecule has 2 aromatic rings. The highest BCUT2D eigenvalue weighted by Crippen LogP contribution is 2.27. The number of likely N-dealkylation sites (N-methyl/N-ethyl adjacent to an activating group) is 1. The Morgan fingerprint density at radius 1 is 1.09 bits per heavy atom. The molecule has 1 nitrogen and oxygen atoms in total. The van der Waals surface area contributed by atoms with E-state index in [-0.39, 0.29) is 5.41 Å². The van der Waals surface area contributed by atoms with Crippen molar-refractivity contribution >= 4 is 10.8 Å². The highest BCUT2D eigenvalue weighted by atomic mass is 15.1. The summed E-state index contributed by atoms with van der Waals surface area (Å²) >= 11 is 0. The van der Waals surface area contributed by atoms with Crippen molar-refractivity contribution < 1.29 is 0 Å². The van der Waals surface area contributed by atoms with Crippen LogP contribution in [-0.4, -0.2) is 18.5 Å². The van der Waals surface area contributed by atoms with Crippen LogP contribution in [0.3, 0.4) is 0 Å². The van der Waals surface area contributed by atoms with Gasteiger partial charge in [-0.05, 0) is 57.2 Å². The van der Waals surface area contributed by atoms with Gasteiger partial charge in [0.2, 0.25) is 0 Å². The Bertz CT molecular complexity index is 732. The molecule has 0 fully saturated rings. The van der Waals surface area contributed by atoms with E-state index >= 15 is 0 Å². The largest absolute Gasteiger partial charge is 0.296 e. The summed E-state index contributed by atoms with van der Waals surface area (Å²) in [6.07, 6.45) is 4.11. The number of rotatable bonds is 4. The fourth-order valence-electron chi connectivity index (χ4n) is 2.55. The van der Waals surface area contributed by atoms with E-state index in [2.05, 4.69) is 100 Å². The monoisotopic (exact) mass is 305 g/mol. The third-order valence-electron chi connectivity index (χ3n) is 3.98. The van der Waals surface area contributed by atoms with E-state index in [0.717, 1.165) is 6.54 Å². The maximum Gasteiger partial charge on any atom is 0.0326 e. The van der Waals surface area contributed by atoms with E-state index < -0.39 is 0 Å². The Morgan fingerprint density at radius 3 is 2.52 bits per heavy atom. The van der Waals surface area contributed by atoms with Gasteiger partial charge in [-0.1, -0.05) is 60.4 Å². The third kappa shape index (κ3) is 4.98. The molecule has 0 aliphatic rings. The topological polar surface area (TPSA) is 3.24 Å². The second kappa shape index (κ2) is 7.49. The van der Waals surface area contributed by atoms with Crippen molar-refractivity contribution in [1.29, 1.82) is 0 Å². The minimum Gasteiger partial charge on any atom is -0.296 e. The minimum atomic E-state index is 0.0620. The van der Waals surface area contributed by atoms with Crippen LogP contribution < -0.4 is 0 Å². The molecule has 0 spiro atoms. The van der Waals surface area contributed by atoms with Gasteiger partial charge < -0.3 is 0 Å². The Kier molecular flexibility index (Phi) is 5.64. The van der Waals surface area contributed by atoms with Crippen LogP contribution in [-0.2, 0) is 0 Å². The number of benzene rings is 2. The smallest absolute Gasteiger partial charge is 0.0326 e. The molecule has 0 amide bonds. The highest BCUT2D eigenvalue weighted by Gasteiger charge is 2.12. The molecular weight excluding hydrogens is 278 g/mol. The zero-order valence-corrected chi connectivity index (χ0v) is 14.9. The van der Waals surface area contributed by atoms with Gasteiger partial charge in [-0.2, -0.15) is 0 Å². The van der Waals surface area contributed by atoms with Crippen LogP contribution in [0, 0.1) is 17.3 Å². The van der Waals surface area contributed by atoms with Gasteiger partial charge in [0.15, 0.2) is 0 Å². The van der Waals surface area contributed by atoms with Crippen molar-refractivity contribution in [2.24, 2.45) is 5.41 Å². The van der Waals surface area contributed by atoms with E-state index in [0.29, 0.717) is 6.04 Å². The van der Waals surface area contributed by atoms with E-state index in [1.807, 2.05) is 6.08 Å². The SMILES string of the molecule is CC(c1cccc2ccccc12)N(C)C/C=C/C#CC(C)(C)C. The lowest BCUT2D eigenvalue weighted by atomic mass is 9.98. The van der Waals surface area contributed by atoms with Crippen LogP contribution in [0.25, 0.3) is 10.8 Å². The van der Waals surface area contributed by atoms with Crippen LogP contribution >= 0.6 is 0 Å². The third-order valence-corrected chi connectivity index (χ3v) is 3.98. The van der Waals surface area contributed by atoms with Gasteiger partial charge in [0.1, 0.15) is 0 Å². The maximum atomic E-state index is 3.23. The molecule has 0 saturated carbocycles. The number of allylic oxidation sites excluding steroid dienone is 1. The standard InChI is InChI=1S/C22H27N/c1-18(23(5)17-10-6-9-16-22(2,3)4)20-15-11-13-19-12-7-8-14-21(19)20/h6-8,10-15,18H,17H2,1-5H3/b10-6+. The number of hydrogen-bond donors (Lipinski definition) is 0. The number of fused-ring (bicyclic) bond motifs is 1. The van der Waals surface area contributed by atoms with Gasteiger partial charge in [-0.15, -0.1) is 0 Å². The molecule has 1 unspecified atom stereocenters. The molecule has 2 aromatic carbocycles. The van der Waals surface area contributed by atoms with Gasteiger partial charge in [-0.25, -0.2) is 0 Å².